The average Bonchev–Trinajstić information content (AvgIpc) is 2.80. The summed E-state index contributed by atoms with van der Waals surface area (Å²) >= 11 is 0. The van der Waals surface area contributed by atoms with Crippen LogP contribution in [0, 0.1) is 5.92 Å². The third-order valence-corrected chi connectivity index (χ3v) is 4.09. The van der Waals surface area contributed by atoms with Gasteiger partial charge in [-0.05, 0) is 26.2 Å². The topological polar surface area (TPSA) is 47.1 Å². The molecule has 1 fully saturated rings. The molecule has 1 aliphatic rings. The van der Waals surface area contributed by atoms with Crippen molar-refractivity contribution in [2.45, 2.75) is 52.2 Å². The monoisotopic (exact) mass is 250 g/mol. The molecular formula is C14H26N4. The quantitative estimate of drug-likeness (QED) is 0.889. The van der Waals surface area contributed by atoms with Gasteiger partial charge < -0.3 is 10.3 Å². The minimum Gasteiger partial charge on any atom is -0.331 e. The molecule has 0 spiro atoms. The predicted molar refractivity (Wildman–Crippen MR) is 74.3 cm³/mol. The summed E-state index contributed by atoms with van der Waals surface area (Å²) in [5.41, 5.74) is 7.47. The van der Waals surface area contributed by atoms with Gasteiger partial charge >= 0.3 is 0 Å². The van der Waals surface area contributed by atoms with E-state index in [1.54, 1.807) is 0 Å². The first-order valence-corrected chi connectivity index (χ1v) is 7.10. The summed E-state index contributed by atoms with van der Waals surface area (Å²) in [6.07, 6.45) is 6.23. The van der Waals surface area contributed by atoms with E-state index < -0.39 is 0 Å². The van der Waals surface area contributed by atoms with Crippen LogP contribution in [-0.4, -0.2) is 33.6 Å². The Kier molecular flexibility index (Phi) is 4.40. The normalized spacial score (nSPS) is 25.8. The molecule has 102 valence electrons. The molecule has 1 saturated heterocycles. The highest BCUT2D eigenvalue weighted by Crippen LogP contribution is 2.21. The van der Waals surface area contributed by atoms with E-state index in [9.17, 15) is 0 Å². The Morgan fingerprint density at radius 3 is 2.94 bits per heavy atom. The first-order valence-electron chi connectivity index (χ1n) is 7.10. The molecule has 0 saturated carbocycles. The van der Waals surface area contributed by atoms with Gasteiger partial charge in [-0.1, -0.05) is 13.3 Å². The molecule has 2 rings (SSSR count). The summed E-state index contributed by atoms with van der Waals surface area (Å²) in [6.45, 7) is 9.88. The molecule has 0 aromatic carbocycles. The number of likely N-dealkylation sites (tertiary alicyclic amines) is 1. The van der Waals surface area contributed by atoms with Crippen molar-refractivity contribution in [1.29, 1.82) is 0 Å². The van der Waals surface area contributed by atoms with Crippen LogP contribution in [0.1, 0.15) is 45.3 Å². The Labute approximate surface area is 110 Å². The molecule has 0 amide bonds. The zero-order chi connectivity index (χ0) is 13.1. The lowest BCUT2D eigenvalue weighted by atomic mass is 9.91. The molecule has 4 nitrogen and oxygen atoms in total. The van der Waals surface area contributed by atoms with Gasteiger partial charge in [0.25, 0.3) is 0 Å². The molecule has 1 aromatic heterocycles. The number of hydrogen-bond donors (Lipinski definition) is 1. The first kappa shape index (κ1) is 13.6. The highest BCUT2D eigenvalue weighted by Gasteiger charge is 2.25. The van der Waals surface area contributed by atoms with Crippen molar-refractivity contribution >= 4 is 0 Å². The zero-order valence-corrected chi connectivity index (χ0v) is 11.8. The van der Waals surface area contributed by atoms with Crippen LogP contribution in [0.25, 0.3) is 0 Å². The van der Waals surface area contributed by atoms with E-state index in [4.69, 9.17) is 5.73 Å². The van der Waals surface area contributed by atoms with Gasteiger partial charge in [0, 0.05) is 37.9 Å². The summed E-state index contributed by atoms with van der Waals surface area (Å²) in [4.78, 5) is 6.80. The lowest BCUT2D eigenvalue weighted by molar-refractivity contribution is 0.142. The molecule has 0 aliphatic carbocycles. The van der Waals surface area contributed by atoms with Crippen molar-refractivity contribution in [2.75, 3.05) is 13.1 Å². The second-order valence-corrected chi connectivity index (χ2v) is 5.74. The molecular weight excluding hydrogens is 224 g/mol. The van der Waals surface area contributed by atoms with Crippen molar-refractivity contribution in [2.24, 2.45) is 11.7 Å². The van der Waals surface area contributed by atoms with Crippen LogP contribution in [0.15, 0.2) is 12.5 Å². The third-order valence-electron chi connectivity index (χ3n) is 4.09. The summed E-state index contributed by atoms with van der Waals surface area (Å²) in [6, 6.07) is 0.873. The van der Waals surface area contributed by atoms with Gasteiger partial charge in [-0.25, -0.2) is 4.98 Å². The van der Waals surface area contributed by atoms with Crippen LogP contribution in [0.4, 0.5) is 0 Å². The average molecular weight is 250 g/mol. The standard InChI is InChI=1S/C14H26N4/c1-4-12-8-17(6-5-14(12)15)9-13-7-16-10-18(13)11(2)3/h7,10-12,14H,4-6,8-9,15H2,1-3H3. The highest BCUT2D eigenvalue weighted by atomic mass is 15.2. The Morgan fingerprint density at radius 2 is 2.28 bits per heavy atom. The Hall–Kier alpha value is -0.870. The largest absolute Gasteiger partial charge is 0.331 e. The lowest BCUT2D eigenvalue weighted by Gasteiger charge is -2.36. The molecule has 2 unspecified atom stereocenters. The van der Waals surface area contributed by atoms with E-state index in [0.29, 0.717) is 18.0 Å². The van der Waals surface area contributed by atoms with Crippen molar-refractivity contribution < 1.29 is 0 Å². The Bertz CT molecular complexity index is 372. The van der Waals surface area contributed by atoms with Gasteiger partial charge in [-0.15, -0.1) is 0 Å². The summed E-state index contributed by atoms with van der Waals surface area (Å²) in [7, 11) is 0. The van der Waals surface area contributed by atoms with Gasteiger partial charge in [0.05, 0.1) is 12.0 Å². The van der Waals surface area contributed by atoms with E-state index in [1.165, 1.54) is 12.1 Å². The second-order valence-electron chi connectivity index (χ2n) is 5.74. The fourth-order valence-electron chi connectivity index (χ4n) is 2.85. The molecule has 2 N–H and O–H groups in total. The lowest BCUT2D eigenvalue weighted by Crippen LogP contribution is -2.46. The van der Waals surface area contributed by atoms with Crippen LogP contribution < -0.4 is 5.73 Å². The smallest absolute Gasteiger partial charge is 0.0951 e. The summed E-state index contributed by atoms with van der Waals surface area (Å²) < 4.78 is 2.26. The molecule has 1 aromatic rings. The van der Waals surface area contributed by atoms with E-state index in [1.807, 2.05) is 12.5 Å². The summed E-state index contributed by atoms with van der Waals surface area (Å²) in [5.74, 6) is 0.647. The maximum atomic E-state index is 6.16. The zero-order valence-electron chi connectivity index (χ0n) is 11.8. The Morgan fingerprint density at radius 1 is 1.50 bits per heavy atom. The SMILES string of the molecule is CCC1CN(Cc2cncn2C(C)C)CCC1N. The van der Waals surface area contributed by atoms with Crippen LogP contribution in [0.2, 0.25) is 0 Å². The first-order chi connectivity index (χ1) is 8.61. The minimum atomic E-state index is 0.390. The van der Waals surface area contributed by atoms with Crippen LogP contribution in [0.5, 0.6) is 0 Å². The van der Waals surface area contributed by atoms with Crippen LogP contribution in [-0.2, 0) is 6.54 Å². The molecule has 0 bridgehead atoms. The minimum absolute atomic E-state index is 0.390. The molecule has 4 heteroatoms. The number of rotatable bonds is 4. The second kappa shape index (κ2) is 5.85. The third kappa shape index (κ3) is 2.93. The van der Waals surface area contributed by atoms with E-state index in [2.05, 4.69) is 35.2 Å². The molecule has 1 aliphatic heterocycles. The number of aromatic nitrogens is 2. The fourth-order valence-corrected chi connectivity index (χ4v) is 2.85. The maximum Gasteiger partial charge on any atom is 0.0951 e. The molecule has 0 radical (unpaired) electrons. The van der Waals surface area contributed by atoms with Crippen LogP contribution >= 0.6 is 0 Å². The van der Waals surface area contributed by atoms with Crippen molar-refractivity contribution in [3.8, 4) is 0 Å². The fraction of sp³-hybridized carbons (Fsp3) is 0.786. The van der Waals surface area contributed by atoms with Crippen molar-refractivity contribution in [3.05, 3.63) is 18.2 Å². The van der Waals surface area contributed by atoms with Crippen molar-refractivity contribution in [1.82, 2.24) is 14.5 Å². The van der Waals surface area contributed by atoms with Crippen LogP contribution in [0.3, 0.4) is 0 Å². The van der Waals surface area contributed by atoms with E-state index in [-0.39, 0.29) is 0 Å². The number of hydrogen-bond acceptors (Lipinski definition) is 3. The number of piperidine rings is 1. The number of nitrogens with two attached hydrogens (primary N) is 1. The van der Waals surface area contributed by atoms with Gasteiger partial charge in [-0.2, -0.15) is 0 Å². The van der Waals surface area contributed by atoms with Crippen molar-refractivity contribution in [3.63, 3.8) is 0 Å². The van der Waals surface area contributed by atoms with E-state index in [0.717, 1.165) is 26.1 Å². The number of nitrogens with zero attached hydrogens (tertiary/aromatic N) is 3. The van der Waals surface area contributed by atoms with Gasteiger partial charge in [0.2, 0.25) is 0 Å². The van der Waals surface area contributed by atoms with Gasteiger partial charge in [0.15, 0.2) is 0 Å². The van der Waals surface area contributed by atoms with Gasteiger partial charge in [-0.3, -0.25) is 4.90 Å². The van der Waals surface area contributed by atoms with Gasteiger partial charge in [0.1, 0.15) is 0 Å². The predicted octanol–water partition coefficient (Wildman–Crippen LogP) is 2.02. The maximum absolute atomic E-state index is 6.16. The number of imidazole rings is 1. The molecule has 2 heterocycles. The summed E-state index contributed by atoms with van der Waals surface area (Å²) in [5, 5.41) is 0. The Balaban J connectivity index is 1.99. The molecule has 18 heavy (non-hydrogen) atoms. The molecule has 2 atom stereocenters. The van der Waals surface area contributed by atoms with E-state index >= 15 is 0 Å². The highest BCUT2D eigenvalue weighted by molar-refractivity contribution is 5.00.